The van der Waals surface area contributed by atoms with Gasteiger partial charge in [0.05, 0.1) is 7.11 Å². The molecule has 0 N–H and O–H groups in total. The average Bonchev–Trinajstić information content (AvgIpc) is 2.20. The van der Waals surface area contributed by atoms with Crippen molar-refractivity contribution < 1.29 is 9.13 Å². The van der Waals surface area contributed by atoms with Gasteiger partial charge in [0.2, 0.25) is 0 Å². The van der Waals surface area contributed by atoms with E-state index in [1.54, 1.807) is 0 Å². The number of ether oxygens (including phenoxy) is 1. The second-order valence-corrected chi connectivity index (χ2v) is 2.35. The molecule has 0 atom stereocenters. The van der Waals surface area contributed by atoms with Crippen molar-refractivity contribution in [2.24, 2.45) is 0 Å². The summed E-state index contributed by atoms with van der Waals surface area (Å²) in [5.41, 5.74) is 0.960. The largest absolute Gasteiger partial charge is 0.497 e. The predicted molar refractivity (Wildman–Crippen MR) is 53.7 cm³/mol. The van der Waals surface area contributed by atoms with E-state index in [2.05, 4.69) is 0 Å². The molecule has 1 nitrogen and oxygen atoms in total. The van der Waals surface area contributed by atoms with Gasteiger partial charge in [-0.05, 0) is 24.1 Å². The lowest BCUT2D eigenvalue weighted by Gasteiger charge is -2.02. The molecule has 1 aromatic rings. The third-order valence-corrected chi connectivity index (χ3v) is 1.58. The fourth-order valence-corrected chi connectivity index (χ4v) is 0.943. The Labute approximate surface area is 79.5 Å². The number of aryl methyl sites for hydroxylation is 1. The van der Waals surface area contributed by atoms with Gasteiger partial charge in [-0.25, -0.2) is 4.39 Å². The van der Waals surface area contributed by atoms with Crippen LogP contribution in [0.15, 0.2) is 18.2 Å². The topological polar surface area (TPSA) is 9.23 Å². The first-order valence-corrected chi connectivity index (χ1v) is 4.59. The van der Waals surface area contributed by atoms with Crippen LogP contribution in [0.1, 0.15) is 26.3 Å². The number of hydrogen-bond donors (Lipinski definition) is 0. The summed E-state index contributed by atoms with van der Waals surface area (Å²) in [6.07, 6.45) is 0.828. The van der Waals surface area contributed by atoms with Crippen molar-refractivity contribution in [1.29, 1.82) is 0 Å². The molecule has 0 spiro atoms. The Bertz CT molecular complexity index is 224. The van der Waals surface area contributed by atoms with Gasteiger partial charge in [0.25, 0.3) is 0 Å². The Morgan fingerprint density at radius 1 is 1.23 bits per heavy atom. The lowest BCUT2D eigenvalue weighted by molar-refractivity contribution is 0.410. The fourth-order valence-electron chi connectivity index (χ4n) is 0.943. The summed E-state index contributed by atoms with van der Waals surface area (Å²) in [6, 6.07) is 4.73. The average molecular weight is 184 g/mol. The standard InChI is InChI=1S/C9H11FO.C2H6/c1-3-7-4-8(10)6-9(5-7)11-2;1-2/h4-6H,3H2,1-2H3;1-2H3. The van der Waals surface area contributed by atoms with Crippen molar-refractivity contribution in [3.8, 4) is 5.75 Å². The highest BCUT2D eigenvalue weighted by molar-refractivity contribution is 5.29. The zero-order chi connectivity index (χ0) is 10.3. The maximum atomic E-state index is 12.7. The minimum Gasteiger partial charge on any atom is -0.497 e. The highest BCUT2D eigenvalue weighted by Crippen LogP contribution is 2.15. The summed E-state index contributed by atoms with van der Waals surface area (Å²) in [5.74, 6) is 0.350. The van der Waals surface area contributed by atoms with E-state index < -0.39 is 0 Å². The number of hydrogen-bond acceptors (Lipinski definition) is 1. The summed E-state index contributed by atoms with van der Waals surface area (Å²) >= 11 is 0. The lowest BCUT2D eigenvalue weighted by Crippen LogP contribution is -1.87. The monoisotopic (exact) mass is 184 g/mol. The minimum atomic E-state index is -0.235. The molecule has 0 saturated carbocycles. The maximum absolute atomic E-state index is 12.7. The molecule has 0 heterocycles. The zero-order valence-electron chi connectivity index (χ0n) is 8.73. The molecular weight excluding hydrogens is 167 g/mol. The number of benzene rings is 1. The lowest BCUT2D eigenvalue weighted by atomic mass is 10.1. The molecule has 0 aliphatic carbocycles. The van der Waals surface area contributed by atoms with Gasteiger partial charge in [0, 0.05) is 6.07 Å². The smallest absolute Gasteiger partial charge is 0.127 e. The third-order valence-electron chi connectivity index (χ3n) is 1.58. The van der Waals surface area contributed by atoms with E-state index in [1.165, 1.54) is 19.2 Å². The molecule has 0 aromatic heterocycles. The molecule has 0 unspecified atom stereocenters. The molecule has 13 heavy (non-hydrogen) atoms. The molecule has 1 aromatic carbocycles. The van der Waals surface area contributed by atoms with E-state index in [0.717, 1.165) is 12.0 Å². The highest BCUT2D eigenvalue weighted by atomic mass is 19.1. The summed E-state index contributed by atoms with van der Waals surface area (Å²) in [7, 11) is 1.54. The van der Waals surface area contributed by atoms with Gasteiger partial charge in [-0.1, -0.05) is 20.8 Å². The van der Waals surface area contributed by atoms with Crippen LogP contribution < -0.4 is 4.74 Å². The summed E-state index contributed by atoms with van der Waals surface area (Å²) < 4.78 is 17.6. The zero-order valence-corrected chi connectivity index (χ0v) is 8.73. The van der Waals surface area contributed by atoms with Crippen molar-refractivity contribution in [3.63, 3.8) is 0 Å². The first-order chi connectivity index (χ1) is 6.26. The second-order valence-electron chi connectivity index (χ2n) is 2.35. The van der Waals surface area contributed by atoms with Crippen LogP contribution in [0.25, 0.3) is 0 Å². The fraction of sp³-hybridized carbons (Fsp3) is 0.455. The molecule has 0 aliphatic rings. The van der Waals surface area contributed by atoms with E-state index in [-0.39, 0.29) is 5.82 Å². The Balaban J connectivity index is 0.000000671. The molecule has 0 amide bonds. The Kier molecular flexibility index (Phi) is 5.94. The van der Waals surface area contributed by atoms with Crippen LogP contribution in [0.5, 0.6) is 5.75 Å². The molecule has 74 valence electrons. The van der Waals surface area contributed by atoms with Crippen molar-refractivity contribution >= 4 is 0 Å². The van der Waals surface area contributed by atoms with Gasteiger partial charge >= 0.3 is 0 Å². The van der Waals surface area contributed by atoms with Crippen molar-refractivity contribution in [2.45, 2.75) is 27.2 Å². The minimum absolute atomic E-state index is 0.235. The van der Waals surface area contributed by atoms with Crippen molar-refractivity contribution in [2.75, 3.05) is 7.11 Å². The first kappa shape index (κ1) is 11.9. The molecule has 1 rings (SSSR count). The van der Waals surface area contributed by atoms with Gasteiger partial charge in [-0.15, -0.1) is 0 Å². The predicted octanol–water partition coefficient (Wildman–Crippen LogP) is 3.42. The van der Waals surface area contributed by atoms with Gasteiger partial charge in [0.15, 0.2) is 0 Å². The van der Waals surface area contributed by atoms with Crippen molar-refractivity contribution in [1.82, 2.24) is 0 Å². The normalized spacial score (nSPS) is 8.69. The Morgan fingerprint density at radius 2 is 1.85 bits per heavy atom. The molecule has 0 aliphatic heterocycles. The van der Waals surface area contributed by atoms with Crippen LogP contribution in [0.4, 0.5) is 4.39 Å². The number of methoxy groups -OCH3 is 1. The van der Waals surface area contributed by atoms with Crippen LogP contribution >= 0.6 is 0 Å². The number of rotatable bonds is 2. The molecular formula is C11H17FO. The van der Waals surface area contributed by atoms with E-state index >= 15 is 0 Å². The SMILES string of the molecule is CC.CCc1cc(F)cc(OC)c1. The van der Waals surface area contributed by atoms with Crippen molar-refractivity contribution in [3.05, 3.63) is 29.6 Å². The van der Waals surface area contributed by atoms with Crippen LogP contribution in [-0.4, -0.2) is 7.11 Å². The van der Waals surface area contributed by atoms with Crippen LogP contribution in [0.2, 0.25) is 0 Å². The summed E-state index contributed by atoms with van der Waals surface area (Å²) in [4.78, 5) is 0. The van der Waals surface area contributed by atoms with Crippen LogP contribution in [0, 0.1) is 5.82 Å². The molecule has 2 heteroatoms. The maximum Gasteiger partial charge on any atom is 0.127 e. The van der Waals surface area contributed by atoms with E-state index in [1.807, 2.05) is 26.8 Å². The van der Waals surface area contributed by atoms with Gasteiger partial charge < -0.3 is 4.74 Å². The highest BCUT2D eigenvalue weighted by Gasteiger charge is 1.97. The molecule has 0 fully saturated rings. The second kappa shape index (κ2) is 6.46. The molecule has 0 radical (unpaired) electrons. The Morgan fingerprint density at radius 3 is 2.31 bits per heavy atom. The van der Waals surface area contributed by atoms with Gasteiger partial charge in [-0.2, -0.15) is 0 Å². The van der Waals surface area contributed by atoms with Gasteiger partial charge in [0.1, 0.15) is 11.6 Å². The third kappa shape index (κ3) is 3.92. The van der Waals surface area contributed by atoms with Crippen LogP contribution in [0.3, 0.4) is 0 Å². The summed E-state index contributed by atoms with van der Waals surface area (Å²) in [5, 5.41) is 0. The Hall–Kier alpha value is -1.05. The van der Waals surface area contributed by atoms with E-state index in [0.29, 0.717) is 5.75 Å². The number of halogens is 1. The summed E-state index contributed by atoms with van der Waals surface area (Å²) in [6.45, 7) is 5.98. The molecule has 0 saturated heterocycles. The van der Waals surface area contributed by atoms with Crippen LogP contribution in [-0.2, 0) is 6.42 Å². The van der Waals surface area contributed by atoms with E-state index in [9.17, 15) is 4.39 Å². The quantitative estimate of drug-likeness (QED) is 0.684. The van der Waals surface area contributed by atoms with Gasteiger partial charge in [-0.3, -0.25) is 0 Å². The molecule has 0 bridgehead atoms. The van der Waals surface area contributed by atoms with E-state index in [4.69, 9.17) is 4.74 Å². The first-order valence-electron chi connectivity index (χ1n) is 4.59.